The molecular formula is C12H15N3O. The summed E-state index contributed by atoms with van der Waals surface area (Å²) in [4.78, 5) is 17.3. The Morgan fingerprint density at radius 2 is 2.31 bits per heavy atom. The third-order valence-corrected chi connectivity index (χ3v) is 3.36. The molecule has 0 amide bonds. The molecule has 2 aromatic rings. The van der Waals surface area contributed by atoms with Crippen LogP contribution in [0.25, 0.3) is 5.65 Å². The van der Waals surface area contributed by atoms with Crippen LogP contribution in [0.3, 0.4) is 0 Å². The SMILES string of the molecule is CN1CCC(c2cn3c(=O)cccc3[nH]2)C1. The summed E-state index contributed by atoms with van der Waals surface area (Å²) >= 11 is 0. The number of rotatable bonds is 1. The molecule has 0 bridgehead atoms. The average molecular weight is 217 g/mol. The first-order valence-electron chi connectivity index (χ1n) is 5.63. The summed E-state index contributed by atoms with van der Waals surface area (Å²) in [6.45, 7) is 2.20. The number of H-pyrrole nitrogens is 1. The molecule has 1 saturated heterocycles. The van der Waals surface area contributed by atoms with E-state index in [1.807, 2.05) is 12.3 Å². The van der Waals surface area contributed by atoms with Crippen molar-refractivity contribution >= 4 is 5.65 Å². The van der Waals surface area contributed by atoms with Gasteiger partial charge in [0, 0.05) is 30.4 Å². The van der Waals surface area contributed by atoms with Crippen LogP contribution in [-0.4, -0.2) is 34.4 Å². The molecule has 1 fully saturated rings. The highest BCUT2D eigenvalue weighted by molar-refractivity contribution is 5.40. The van der Waals surface area contributed by atoms with Gasteiger partial charge in [-0.05, 0) is 26.1 Å². The maximum atomic E-state index is 11.6. The standard InChI is InChI=1S/C12H15N3O/c1-14-6-5-9(7-14)10-8-15-11(13-10)3-2-4-12(15)16/h2-4,8-9,13H,5-7H2,1H3. The van der Waals surface area contributed by atoms with Crippen LogP contribution in [0, 0.1) is 0 Å². The lowest BCUT2D eigenvalue weighted by atomic mass is 10.1. The van der Waals surface area contributed by atoms with E-state index in [4.69, 9.17) is 0 Å². The number of nitrogens with zero attached hydrogens (tertiary/aromatic N) is 2. The average Bonchev–Trinajstić information content (AvgIpc) is 2.84. The van der Waals surface area contributed by atoms with Crippen LogP contribution in [-0.2, 0) is 0 Å². The molecule has 1 atom stereocenters. The molecule has 0 saturated carbocycles. The smallest absolute Gasteiger partial charge is 0.256 e. The second-order valence-electron chi connectivity index (χ2n) is 4.58. The van der Waals surface area contributed by atoms with Crippen LogP contribution in [0.4, 0.5) is 0 Å². The van der Waals surface area contributed by atoms with Gasteiger partial charge in [-0.15, -0.1) is 0 Å². The van der Waals surface area contributed by atoms with Gasteiger partial charge in [-0.2, -0.15) is 0 Å². The van der Waals surface area contributed by atoms with Crippen molar-refractivity contribution in [1.29, 1.82) is 0 Å². The van der Waals surface area contributed by atoms with Crippen LogP contribution in [0.15, 0.2) is 29.2 Å². The molecule has 0 radical (unpaired) electrons. The molecule has 84 valence electrons. The first-order chi connectivity index (χ1) is 7.74. The maximum Gasteiger partial charge on any atom is 0.256 e. The number of pyridine rings is 1. The van der Waals surface area contributed by atoms with E-state index in [-0.39, 0.29) is 5.56 Å². The quantitative estimate of drug-likeness (QED) is 0.775. The molecule has 0 spiro atoms. The van der Waals surface area contributed by atoms with Crippen LogP contribution in [0.5, 0.6) is 0 Å². The summed E-state index contributed by atoms with van der Waals surface area (Å²) in [6, 6.07) is 5.31. The fourth-order valence-electron chi connectivity index (χ4n) is 2.45. The molecule has 4 heteroatoms. The maximum absolute atomic E-state index is 11.6. The second kappa shape index (κ2) is 3.49. The van der Waals surface area contributed by atoms with Gasteiger partial charge in [0.2, 0.25) is 0 Å². The molecule has 16 heavy (non-hydrogen) atoms. The highest BCUT2D eigenvalue weighted by atomic mass is 16.1. The minimum Gasteiger partial charge on any atom is -0.343 e. The van der Waals surface area contributed by atoms with Crippen LogP contribution in [0.1, 0.15) is 18.0 Å². The van der Waals surface area contributed by atoms with E-state index in [2.05, 4.69) is 16.9 Å². The van der Waals surface area contributed by atoms with Crippen molar-refractivity contribution in [3.05, 3.63) is 40.4 Å². The van der Waals surface area contributed by atoms with Gasteiger partial charge in [-0.3, -0.25) is 9.20 Å². The Morgan fingerprint density at radius 3 is 3.00 bits per heavy atom. The third-order valence-electron chi connectivity index (χ3n) is 3.36. The molecule has 1 aliphatic heterocycles. The molecule has 3 heterocycles. The Labute approximate surface area is 93.5 Å². The van der Waals surface area contributed by atoms with Gasteiger partial charge >= 0.3 is 0 Å². The van der Waals surface area contributed by atoms with Crippen molar-refractivity contribution < 1.29 is 0 Å². The number of hydrogen-bond donors (Lipinski definition) is 1. The molecule has 1 N–H and O–H groups in total. The number of aromatic amines is 1. The van der Waals surface area contributed by atoms with E-state index in [1.165, 1.54) is 5.69 Å². The fourth-order valence-corrected chi connectivity index (χ4v) is 2.45. The number of hydrogen-bond acceptors (Lipinski definition) is 2. The normalized spacial score (nSPS) is 21.9. The van der Waals surface area contributed by atoms with Gasteiger partial charge in [-0.25, -0.2) is 0 Å². The van der Waals surface area contributed by atoms with Crippen molar-refractivity contribution in [3.8, 4) is 0 Å². The van der Waals surface area contributed by atoms with Crippen molar-refractivity contribution in [1.82, 2.24) is 14.3 Å². The lowest BCUT2D eigenvalue weighted by molar-refractivity contribution is 0.411. The molecular weight excluding hydrogens is 202 g/mol. The number of nitrogens with one attached hydrogen (secondary N) is 1. The molecule has 4 nitrogen and oxygen atoms in total. The Balaban J connectivity index is 2.06. The molecule has 0 aromatic carbocycles. The summed E-state index contributed by atoms with van der Waals surface area (Å²) in [5.41, 5.74) is 2.09. The van der Waals surface area contributed by atoms with E-state index in [1.54, 1.807) is 16.5 Å². The Bertz CT molecular complexity index is 569. The van der Waals surface area contributed by atoms with E-state index in [0.717, 1.165) is 25.2 Å². The Hall–Kier alpha value is -1.55. The van der Waals surface area contributed by atoms with E-state index < -0.39 is 0 Å². The monoisotopic (exact) mass is 217 g/mol. The number of fused-ring (bicyclic) bond motifs is 1. The Kier molecular flexibility index (Phi) is 2.11. The summed E-state index contributed by atoms with van der Waals surface area (Å²) < 4.78 is 1.69. The van der Waals surface area contributed by atoms with Crippen molar-refractivity contribution in [2.75, 3.05) is 20.1 Å². The van der Waals surface area contributed by atoms with E-state index >= 15 is 0 Å². The summed E-state index contributed by atoms with van der Waals surface area (Å²) in [7, 11) is 2.13. The minimum absolute atomic E-state index is 0.0337. The minimum atomic E-state index is 0.0337. The van der Waals surface area contributed by atoms with Gasteiger partial charge in [0.15, 0.2) is 0 Å². The number of imidazole rings is 1. The lowest BCUT2D eigenvalue weighted by Crippen LogP contribution is -2.13. The number of likely N-dealkylation sites (N-methyl/N-ethyl adjacent to an activating group) is 1. The third kappa shape index (κ3) is 1.46. The summed E-state index contributed by atoms with van der Waals surface area (Å²) in [6.07, 6.45) is 3.11. The lowest BCUT2D eigenvalue weighted by Gasteiger charge is -2.07. The van der Waals surface area contributed by atoms with E-state index in [0.29, 0.717) is 5.92 Å². The first kappa shape index (κ1) is 9.66. The molecule has 0 aliphatic carbocycles. The molecule has 3 rings (SSSR count). The van der Waals surface area contributed by atoms with Gasteiger partial charge in [0.05, 0.1) is 0 Å². The van der Waals surface area contributed by atoms with Crippen molar-refractivity contribution in [2.24, 2.45) is 0 Å². The van der Waals surface area contributed by atoms with E-state index in [9.17, 15) is 4.79 Å². The molecule has 2 aromatic heterocycles. The number of aromatic nitrogens is 2. The summed E-state index contributed by atoms with van der Waals surface area (Å²) in [5.74, 6) is 0.532. The van der Waals surface area contributed by atoms with Gasteiger partial charge in [0.25, 0.3) is 5.56 Å². The van der Waals surface area contributed by atoms with Gasteiger partial charge in [-0.1, -0.05) is 6.07 Å². The largest absolute Gasteiger partial charge is 0.343 e. The highest BCUT2D eigenvalue weighted by Crippen LogP contribution is 2.25. The Morgan fingerprint density at radius 1 is 1.44 bits per heavy atom. The van der Waals surface area contributed by atoms with Crippen LogP contribution >= 0.6 is 0 Å². The summed E-state index contributed by atoms with van der Waals surface area (Å²) in [5, 5.41) is 0. The predicted octanol–water partition coefficient (Wildman–Crippen LogP) is 1.05. The zero-order chi connectivity index (χ0) is 11.1. The molecule has 1 aliphatic rings. The van der Waals surface area contributed by atoms with Crippen molar-refractivity contribution in [3.63, 3.8) is 0 Å². The van der Waals surface area contributed by atoms with Gasteiger partial charge in [0.1, 0.15) is 5.65 Å². The first-order valence-corrected chi connectivity index (χ1v) is 5.63. The van der Waals surface area contributed by atoms with Crippen LogP contribution < -0.4 is 5.56 Å². The zero-order valence-electron chi connectivity index (χ0n) is 9.31. The predicted molar refractivity (Wildman–Crippen MR) is 62.9 cm³/mol. The topological polar surface area (TPSA) is 40.5 Å². The van der Waals surface area contributed by atoms with Crippen molar-refractivity contribution in [2.45, 2.75) is 12.3 Å². The second-order valence-corrected chi connectivity index (χ2v) is 4.58. The zero-order valence-corrected chi connectivity index (χ0v) is 9.31. The fraction of sp³-hybridized carbons (Fsp3) is 0.417. The number of likely N-dealkylation sites (tertiary alicyclic amines) is 1. The van der Waals surface area contributed by atoms with Crippen LogP contribution in [0.2, 0.25) is 0 Å². The molecule has 1 unspecified atom stereocenters. The highest BCUT2D eigenvalue weighted by Gasteiger charge is 2.22. The van der Waals surface area contributed by atoms with Gasteiger partial charge < -0.3 is 9.88 Å².